The van der Waals surface area contributed by atoms with Gasteiger partial charge in [0, 0.05) is 12.5 Å². The average molecular weight is 383 g/mol. The Morgan fingerprint density at radius 1 is 0.857 bits per heavy atom. The molecule has 0 amide bonds. The van der Waals surface area contributed by atoms with E-state index in [1.807, 2.05) is 86.6 Å². The summed E-state index contributed by atoms with van der Waals surface area (Å²) >= 11 is 0. The second-order valence-corrected chi connectivity index (χ2v) is 7.24. The minimum Gasteiger partial charge on any atom is -0.465 e. The first-order chi connectivity index (χ1) is 13.5. The van der Waals surface area contributed by atoms with Crippen LogP contribution in [0.1, 0.15) is 37.0 Å². The largest absolute Gasteiger partial charge is 0.465 e. The van der Waals surface area contributed by atoms with Gasteiger partial charge in [-0.1, -0.05) is 67.6 Å². The van der Waals surface area contributed by atoms with Crippen LogP contribution in [0.4, 0.5) is 0 Å². The van der Waals surface area contributed by atoms with Gasteiger partial charge in [0.15, 0.2) is 6.10 Å². The predicted octanol–water partition coefficient (Wildman–Crippen LogP) is 3.84. The predicted molar refractivity (Wildman–Crippen MR) is 109 cm³/mol. The van der Waals surface area contributed by atoms with Gasteiger partial charge in [-0.3, -0.25) is 9.59 Å². The molecule has 1 unspecified atom stereocenters. The van der Waals surface area contributed by atoms with E-state index in [9.17, 15) is 9.59 Å². The second-order valence-electron chi connectivity index (χ2n) is 7.24. The Bertz CT molecular complexity index is 691. The number of esters is 2. The molecule has 0 bridgehead atoms. The van der Waals surface area contributed by atoms with E-state index in [1.54, 1.807) is 0 Å². The SMILES string of the molecule is CC(COC(=O)CCC(=O)OC(c1ccccc1)c1ccccc1)CN(C)C. The van der Waals surface area contributed by atoms with E-state index in [4.69, 9.17) is 9.47 Å². The number of ether oxygens (including phenoxy) is 2. The lowest BCUT2D eigenvalue weighted by Gasteiger charge is -2.19. The van der Waals surface area contributed by atoms with Crippen molar-refractivity contribution in [3.63, 3.8) is 0 Å². The zero-order valence-electron chi connectivity index (χ0n) is 16.8. The highest BCUT2D eigenvalue weighted by molar-refractivity contribution is 5.78. The smallest absolute Gasteiger partial charge is 0.307 e. The Balaban J connectivity index is 1.88. The van der Waals surface area contributed by atoms with Gasteiger partial charge in [-0.25, -0.2) is 0 Å². The normalized spacial score (nSPS) is 12.0. The maximum atomic E-state index is 12.4. The lowest BCUT2D eigenvalue weighted by molar-refractivity contribution is -0.153. The Kier molecular flexibility index (Phi) is 8.69. The van der Waals surface area contributed by atoms with E-state index >= 15 is 0 Å². The highest BCUT2D eigenvalue weighted by Crippen LogP contribution is 2.26. The molecule has 0 N–H and O–H groups in total. The van der Waals surface area contributed by atoms with E-state index in [0.717, 1.165) is 17.7 Å². The standard InChI is InChI=1S/C23H29NO4/c1-18(16-24(2)3)17-27-21(25)14-15-22(26)28-23(19-10-6-4-7-11-19)20-12-8-5-9-13-20/h4-13,18,23H,14-17H2,1-3H3. The van der Waals surface area contributed by atoms with Gasteiger partial charge >= 0.3 is 11.9 Å². The molecule has 0 radical (unpaired) electrons. The van der Waals surface area contributed by atoms with Gasteiger partial charge in [0.05, 0.1) is 19.4 Å². The lowest BCUT2D eigenvalue weighted by Crippen LogP contribution is -2.24. The quantitative estimate of drug-likeness (QED) is 0.584. The van der Waals surface area contributed by atoms with Crippen molar-refractivity contribution >= 4 is 11.9 Å². The highest BCUT2D eigenvalue weighted by atomic mass is 16.5. The Morgan fingerprint density at radius 3 is 1.86 bits per heavy atom. The third-order valence-electron chi connectivity index (χ3n) is 4.19. The minimum atomic E-state index is -0.494. The molecule has 0 aromatic heterocycles. The van der Waals surface area contributed by atoms with Crippen LogP contribution in [0.25, 0.3) is 0 Å². The summed E-state index contributed by atoms with van der Waals surface area (Å²) in [6, 6.07) is 19.2. The maximum absolute atomic E-state index is 12.4. The van der Waals surface area contributed by atoms with E-state index in [2.05, 4.69) is 0 Å². The molecule has 0 aliphatic carbocycles. The van der Waals surface area contributed by atoms with Crippen molar-refractivity contribution in [2.75, 3.05) is 27.2 Å². The van der Waals surface area contributed by atoms with Crippen molar-refractivity contribution in [1.82, 2.24) is 4.90 Å². The van der Waals surface area contributed by atoms with Crippen LogP contribution in [-0.2, 0) is 19.1 Å². The number of hydrogen-bond acceptors (Lipinski definition) is 5. The van der Waals surface area contributed by atoms with Crippen LogP contribution < -0.4 is 0 Å². The van der Waals surface area contributed by atoms with E-state index in [-0.39, 0.29) is 24.7 Å². The summed E-state index contributed by atoms with van der Waals surface area (Å²) in [7, 11) is 3.95. The molecule has 0 saturated heterocycles. The molecule has 0 heterocycles. The van der Waals surface area contributed by atoms with Gasteiger partial charge in [0.25, 0.3) is 0 Å². The van der Waals surface area contributed by atoms with Gasteiger partial charge in [0.1, 0.15) is 0 Å². The highest BCUT2D eigenvalue weighted by Gasteiger charge is 2.19. The maximum Gasteiger partial charge on any atom is 0.307 e. The van der Waals surface area contributed by atoms with Crippen molar-refractivity contribution in [2.45, 2.75) is 25.9 Å². The van der Waals surface area contributed by atoms with Crippen LogP contribution in [0.5, 0.6) is 0 Å². The van der Waals surface area contributed by atoms with Gasteiger partial charge in [-0.15, -0.1) is 0 Å². The fourth-order valence-corrected chi connectivity index (χ4v) is 2.96. The van der Waals surface area contributed by atoms with Crippen LogP contribution in [0.3, 0.4) is 0 Å². The zero-order valence-corrected chi connectivity index (χ0v) is 16.8. The summed E-state index contributed by atoms with van der Waals surface area (Å²) in [5, 5.41) is 0. The molecule has 0 fully saturated rings. The molecule has 5 heteroatoms. The summed E-state index contributed by atoms with van der Waals surface area (Å²) in [4.78, 5) is 26.3. The first-order valence-corrected chi connectivity index (χ1v) is 9.55. The molecule has 0 saturated carbocycles. The number of hydrogen-bond donors (Lipinski definition) is 0. The molecule has 0 aliphatic rings. The van der Waals surface area contributed by atoms with E-state index < -0.39 is 12.1 Å². The molecule has 5 nitrogen and oxygen atoms in total. The fourth-order valence-electron chi connectivity index (χ4n) is 2.96. The molecular weight excluding hydrogens is 354 g/mol. The van der Waals surface area contributed by atoms with Crippen molar-refractivity contribution in [3.05, 3.63) is 71.8 Å². The van der Waals surface area contributed by atoms with Gasteiger partial charge in [-0.2, -0.15) is 0 Å². The summed E-state index contributed by atoms with van der Waals surface area (Å²) in [5.74, 6) is -0.555. The first-order valence-electron chi connectivity index (χ1n) is 9.55. The van der Waals surface area contributed by atoms with Crippen molar-refractivity contribution in [2.24, 2.45) is 5.92 Å². The average Bonchev–Trinajstić information content (AvgIpc) is 2.69. The minimum absolute atomic E-state index is 0.00291. The van der Waals surface area contributed by atoms with Crippen molar-refractivity contribution in [3.8, 4) is 0 Å². The van der Waals surface area contributed by atoms with Gasteiger partial charge < -0.3 is 14.4 Å². The zero-order chi connectivity index (χ0) is 20.4. The molecule has 2 aromatic rings. The Hall–Kier alpha value is -2.66. The first kappa shape index (κ1) is 21.6. The summed E-state index contributed by atoms with van der Waals surface area (Å²) in [5.41, 5.74) is 1.78. The van der Waals surface area contributed by atoms with Crippen molar-refractivity contribution in [1.29, 1.82) is 0 Å². The number of benzene rings is 2. The number of rotatable bonds is 10. The van der Waals surface area contributed by atoms with E-state index in [1.165, 1.54) is 0 Å². The molecule has 2 aromatic carbocycles. The number of carbonyl (C=O) groups excluding carboxylic acids is 2. The molecule has 0 spiro atoms. The van der Waals surface area contributed by atoms with Gasteiger partial charge in [0.2, 0.25) is 0 Å². The van der Waals surface area contributed by atoms with Crippen LogP contribution in [0, 0.1) is 5.92 Å². The molecule has 0 aliphatic heterocycles. The molecule has 28 heavy (non-hydrogen) atoms. The van der Waals surface area contributed by atoms with Crippen molar-refractivity contribution < 1.29 is 19.1 Å². The number of carbonyl (C=O) groups is 2. The lowest BCUT2D eigenvalue weighted by atomic mass is 10.0. The topological polar surface area (TPSA) is 55.8 Å². The van der Waals surface area contributed by atoms with E-state index in [0.29, 0.717) is 6.61 Å². The number of nitrogens with zero attached hydrogens (tertiary/aromatic N) is 1. The third-order valence-corrected chi connectivity index (χ3v) is 4.19. The van der Waals surface area contributed by atoms with Crippen LogP contribution in [-0.4, -0.2) is 44.1 Å². The molecule has 2 rings (SSSR count). The summed E-state index contributed by atoms with van der Waals surface area (Å²) in [6.07, 6.45) is -0.480. The second kappa shape index (κ2) is 11.2. The molecule has 1 atom stereocenters. The Labute approximate surface area is 167 Å². The summed E-state index contributed by atoms with van der Waals surface area (Å²) in [6.45, 7) is 3.21. The van der Waals surface area contributed by atoms with Gasteiger partial charge in [-0.05, 0) is 25.2 Å². The molecular formula is C23H29NO4. The molecule has 150 valence electrons. The van der Waals surface area contributed by atoms with Crippen LogP contribution in [0.2, 0.25) is 0 Å². The Morgan fingerprint density at radius 2 is 1.36 bits per heavy atom. The van der Waals surface area contributed by atoms with Crippen LogP contribution in [0.15, 0.2) is 60.7 Å². The fraction of sp³-hybridized carbons (Fsp3) is 0.391. The van der Waals surface area contributed by atoms with Crippen LogP contribution >= 0.6 is 0 Å². The third kappa shape index (κ3) is 7.53. The monoisotopic (exact) mass is 383 g/mol. The summed E-state index contributed by atoms with van der Waals surface area (Å²) < 4.78 is 11.0.